The lowest BCUT2D eigenvalue weighted by Gasteiger charge is -2.26. The molecular weight excluding hydrogens is 332 g/mol. The molecule has 1 N–H and O–H groups in total. The molecule has 0 spiro atoms. The summed E-state index contributed by atoms with van der Waals surface area (Å²) in [4.78, 5) is 37.6. The van der Waals surface area contributed by atoms with Crippen LogP contribution in [0.1, 0.15) is 21.5 Å². The molecule has 2 aromatic rings. The molecule has 0 bridgehead atoms. The molecule has 0 aromatic heterocycles. The van der Waals surface area contributed by atoms with Crippen molar-refractivity contribution in [1.82, 2.24) is 10.2 Å². The number of ether oxygens (including phenoxy) is 1. The Morgan fingerprint density at radius 3 is 2.77 bits per heavy atom. The third-order valence-corrected chi connectivity index (χ3v) is 4.12. The summed E-state index contributed by atoms with van der Waals surface area (Å²) in [5.74, 6) is -0.445. The van der Waals surface area contributed by atoms with Crippen LogP contribution in [0.5, 0.6) is 5.75 Å². The second kappa shape index (κ2) is 7.82. The van der Waals surface area contributed by atoms with Gasteiger partial charge in [-0.15, -0.1) is 0 Å². The Balaban J connectivity index is 1.49. The van der Waals surface area contributed by atoms with Crippen LogP contribution in [0.2, 0.25) is 0 Å². The molecule has 1 aliphatic rings. The predicted octanol–water partition coefficient (Wildman–Crippen LogP) is 1.72. The normalized spacial score (nSPS) is 13.3. The maximum absolute atomic E-state index is 12.4. The van der Waals surface area contributed by atoms with Crippen LogP contribution in [0.15, 0.2) is 48.5 Å². The standard InChI is InChI=1S/C20H20N2O4/c1-14-5-4-7-16(11-14)26-10-9-21-18(23)13-22-19(24)12-15-6-2-3-8-17(15)20(22)25/h2-8,11H,9-10,12-13H2,1H3,(H,21,23). The zero-order chi connectivity index (χ0) is 18.5. The van der Waals surface area contributed by atoms with E-state index in [0.717, 1.165) is 16.2 Å². The van der Waals surface area contributed by atoms with E-state index in [1.54, 1.807) is 24.3 Å². The third-order valence-electron chi connectivity index (χ3n) is 4.12. The van der Waals surface area contributed by atoms with Crippen LogP contribution < -0.4 is 10.1 Å². The van der Waals surface area contributed by atoms with Crippen LogP contribution in [0.25, 0.3) is 0 Å². The Hall–Kier alpha value is -3.15. The van der Waals surface area contributed by atoms with Crippen LogP contribution in [0.4, 0.5) is 0 Å². The molecule has 0 fully saturated rings. The highest BCUT2D eigenvalue weighted by atomic mass is 16.5. The van der Waals surface area contributed by atoms with Gasteiger partial charge in [-0.05, 0) is 36.2 Å². The van der Waals surface area contributed by atoms with Crippen molar-refractivity contribution >= 4 is 17.7 Å². The van der Waals surface area contributed by atoms with Gasteiger partial charge in [-0.2, -0.15) is 0 Å². The van der Waals surface area contributed by atoms with Gasteiger partial charge in [0.2, 0.25) is 11.8 Å². The number of aryl methyl sites for hydroxylation is 1. The first-order valence-electron chi connectivity index (χ1n) is 8.43. The maximum atomic E-state index is 12.4. The molecule has 26 heavy (non-hydrogen) atoms. The third kappa shape index (κ3) is 4.08. The molecule has 6 nitrogen and oxygen atoms in total. The Bertz CT molecular complexity index is 847. The minimum atomic E-state index is -0.428. The summed E-state index contributed by atoms with van der Waals surface area (Å²) >= 11 is 0. The van der Waals surface area contributed by atoms with E-state index < -0.39 is 5.91 Å². The first-order valence-corrected chi connectivity index (χ1v) is 8.43. The van der Waals surface area contributed by atoms with Crippen molar-refractivity contribution in [1.29, 1.82) is 0 Å². The molecule has 3 rings (SSSR count). The number of carbonyl (C=O) groups is 3. The van der Waals surface area contributed by atoms with Gasteiger partial charge >= 0.3 is 0 Å². The monoisotopic (exact) mass is 352 g/mol. The van der Waals surface area contributed by atoms with E-state index in [4.69, 9.17) is 4.74 Å². The highest BCUT2D eigenvalue weighted by Gasteiger charge is 2.31. The number of benzene rings is 2. The van der Waals surface area contributed by atoms with Gasteiger partial charge in [0.25, 0.3) is 5.91 Å². The van der Waals surface area contributed by atoms with E-state index in [1.807, 2.05) is 31.2 Å². The number of carbonyl (C=O) groups excluding carboxylic acids is 3. The number of nitrogens with zero attached hydrogens (tertiary/aromatic N) is 1. The average molecular weight is 352 g/mol. The lowest BCUT2D eigenvalue weighted by Crippen LogP contribution is -2.48. The lowest BCUT2D eigenvalue weighted by atomic mass is 9.98. The van der Waals surface area contributed by atoms with Crippen molar-refractivity contribution in [2.24, 2.45) is 0 Å². The first-order chi connectivity index (χ1) is 12.5. The van der Waals surface area contributed by atoms with Crippen LogP contribution in [-0.2, 0) is 16.0 Å². The van der Waals surface area contributed by atoms with E-state index in [-0.39, 0.29) is 24.8 Å². The molecule has 0 aliphatic carbocycles. The van der Waals surface area contributed by atoms with Crippen molar-refractivity contribution in [3.05, 3.63) is 65.2 Å². The van der Waals surface area contributed by atoms with Crippen LogP contribution >= 0.6 is 0 Å². The van der Waals surface area contributed by atoms with E-state index >= 15 is 0 Å². The molecule has 1 heterocycles. The summed E-state index contributed by atoms with van der Waals surface area (Å²) in [5.41, 5.74) is 2.27. The van der Waals surface area contributed by atoms with Crippen LogP contribution in [0, 0.1) is 6.92 Å². The largest absolute Gasteiger partial charge is 0.492 e. The molecule has 6 heteroatoms. The number of hydrogen-bond acceptors (Lipinski definition) is 4. The van der Waals surface area contributed by atoms with Gasteiger partial charge in [-0.1, -0.05) is 30.3 Å². The van der Waals surface area contributed by atoms with Gasteiger partial charge in [0.1, 0.15) is 18.9 Å². The summed E-state index contributed by atoms with van der Waals surface area (Å²) in [5, 5.41) is 2.67. The molecule has 134 valence electrons. The van der Waals surface area contributed by atoms with Crippen molar-refractivity contribution in [2.45, 2.75) is 13.3 Å². The zero-order valence-electron chi connectivity index (χ0n) is 14.5. The first kappa shape index (κ1) is 17.7. The summed E-state index contributed by atoms with van der Waals surface area (Å²) in [6.45, 7) is 2.29. The molecule has 0 unspecified atom stereocenters. The fraction of sp³-hybridized carbons (Fsp3) is 0.250. The second-order valence-corrected chi connectivity index (χ2v) is 6.13. The quantitative estimate of drug-likeness (QED) is 0.634. The number of amides is 3. The molecule has 1 aliphatic heterocycles. The fourth-order valence-electron chi connectivity index (χ4n) is 2.82. The van der Waals surface area contributed by atoms with Crippen molar-refractivity contribution in [2.75, 3.05) is 19.7 Å². The van der Waals surface area contributed by atoms with Gasteiger partial charge < -0.3 is 10.1 Å². The van der Waals surface area contributed by atoms with Gasteiger partial charge in [-0.3, -0.25) is 19.3 Å². The molecule has 3 amide bonds. The molecule has 0 atom stereocenters. The van der Waals surface area contributed by atoms with E-state index in [0.29, 0.717) is 24.3 Å². The molecule has 2 aromatic carbocycles. The number of rotatable bonds is 6. The van der Waals surface area contributed by atoms with Gasteiger partial charge in [0.15, 0.2) is 0 Å². The number of hydrogen-bond donors (Lipinski definition) is 1. The van der Waals surface area contributed by atoms with Gasteiger partial charge in [-0.25, -0.2) is 0 Å². The smallest absolute Gasteiger partial charge is 0.261 e. The molecular formula is C20H20N2O4. The minimum absolute atomic E-state index is 0.131. The predicted molar refractivity (Wildman–Crippen MR) is 95.9 cm³/mol. The molecule has 0 saturated carbocycles. The van der Waals surface area contributed by atoms with E-state index in [1.165, 1.54) is 0 Å². The maximum Gasteiger partial charge on any atom is 0.261 e. The van der Waals surface area contributed by atoms with E-state index in [2.05, 4.69) is 5.32 Å². The second-order valence-electron chi connectivity index (χ2n) is 6.13. The van der Waals surface area contributed by atoms with E-state index in [9.17, 15) is 14.4 Å². The highest BCUT2D eigenvalue weighted by Crippen LogP contribution is 2.19. The SMILES string of the molecule is Cc1cccc(OCCNC(=O)CN2C(=O)Cc3ccccc3C2=O)c1. The molecule has 0 radical (unpaired) electrons. The highest BCUT2D eigenvalue weighted by molar-refractivity contribution is 6.11. The lowest BCUT2D eigenvalue weighted by molar-refractivity contribution is -0.133. The summed E-state index contributed by atoms with van der Waals surface area (Å²) in [6, 6.07) is 14.6. The van der Waals surface area contributed by atoms with Crippen molar-refractivity contribution < 1.29 is 19.1 Å². The van der Waals surface area contributed by atoms with Crippen LogP contribution in [-0.4, -0.2) is 42.3 Å². The fourth-order valence-corrected chi connectivity index (χ4v) is 2.82. The summed E-state index contributed by atoms with van der Waals surface area (Å²) in [7, 11) is 0. The Labute approximate surface area is 151 Å². The van der Waals surface area contributed by atoms with Gasteiger partial charge in [0, 0.05) is 5.56 Å². The number of imide groups is 1. The van der Waals surface area contributed by atoms with Crippen LogP contribution in [0.3, 0.4) is 0 Å². The molecule has 0 saturated heterocycles. The minimum Gasteiger partial charge on any atom is -0.492 e. The van der Waals surface area contributed by atoms with Crippen molar-refractivity contribution in [3.8, 4) is 5.75 Å². The Morgan fingerprint density at radius 1 is 1.15 bits per heavy atom. The average Bonchev–Trinajstić information content (AvgIpc) is 2.62. The zero-order valence-corrected chi connectivity index (χ0v) is 14.5. The van der Waals surface area contributed by atoms with Crippen molar-refractivity contribution in [3.63, 3.8) is 0 Å². The topological polar surface area (TPSA) is 75.7 Å². The Kier molecular flexibility index (Phi) is 5.31. The Morgan fingerprint density at radius 2 is 1.96 bits per heavy atom. The number of nitrogens with one attached hydrogen (secondary N) is 1. The summed E-state index contributed by atoms with van der Waals surface area (Å²) in [6.07, 6.45) is 0.131. The van der Waals surface area contributed by atoms with Gasteiger partial charge in [0.05, 0.1) is 13.0 Å². The summed E-state index contributed by atoms with van der Waals surface area (Å²) < 4.78 is 5.55. The number of fused-ring (bicyclic) bond motifs is 1.